The predicted octanol–water partition coefficient (Wildman–Crippen LogP) is 0.895. The molecule has 1 aromatic rings. The normalized spacial score (nSPS) is 21.6. The van der Waals surface area contributed by atoms with E-state index in [0.717, 1.165) is 62.8 Å². The molecule has 0 spiro atoms. The van der Waals surface area contributed by atoms with E-state index < -0.39 is 5.41 Å². The van der Waals surface area contributed by atoms with Gasteiger partial charge in [0.2, 0.25) is 11.0 Å². The lowest BCUT2D eigenvalue weighted by Gasteiger charge is -2.38. The first-order chi connectivity index (χ1) is 11.7. The lowest BCUT2D eigenvalue weighted by atomic mass is 9.79. The summed E-state index contributed by atoms with van der Waals surface area (Å²) in [6.07, 6.45) is 3.28. The van der Waals surface area contributed by atoms with E-state index in [0.29, 0.717) is 19.8 Å². The fourth-order valence-electron chi connectivity index (χ4n) is 3.43. The zero-order valence-electron chi connectivity index (χ0n) is 14.4. The molecule has 2 N–H and O–H groups in total. The van der Waals surface area contributed by atoms with E-state index in [-0.39, 0.29) is 5.91 Å². The molecule has 2 aliphatic heterocycles. The summed E-state index contributed by atoms with van der Waals surface area (Å²) >= 11 is 1.46. The molecule has 0 saturated carbocycles. The Balaban J connectivity index is 1.65. The van der Waals surface area contributed by atoms with Crippen molar-refractivity contribution in [1.82, 2.24) is 14.3 Å². The fourth-order valence-corrected chi connectivity index (χ4v) is 4.23. The Kier molecular flexibility index (Phi) is 5.68. The molecule has 1 amide bonds. The highest BCUT2D eigenvalue weighted by Gasteiger charge is 2.41. The van der Waals surface area contributed by atoms with Crippen LogP contribution < -0.4 is 10.6 Å². The second kappa shape index (κ2) is 7.76. The third-order valence-electron chi connectivity index (χ3n) is 5.12. The number of carbonyl (C=O) groups excluding carboxylic acids is 1. The summed E-state index contributed by atoms with van der Waals surface area (Å²) in [5.41, 5.74) is 5.57. The molecule has 24 heavy (non-hydrogen) atoms. The van der Waals surface area contributed by atoms with E-state index in [4.69, 9.17) is 10.5 Å². The number of nitrogens with zero attached hydrogens (tertiary/aromatic N) is 4. The van der Waals surface area contributed by atoms with Crippen molar-refractivity contribution in [3.05, 3.63) is 5.82 Å². The highest BCUT2D eigenvalue weighted by molar-refractivity contribution is 7.09. The van der Waals surface area contributed by atoms with Gasteiger partial charge in [0.15, 0.2) is 0 Å². The van der Waals surface area contributed by atoms with Crippen molar-refractivity contribution in [2.45, 2.75) is 32.6 Å². The fraction of sp³-hybridized carbons (Fsp3) is 0.812. The highest BCUT2D eigenvalue weighted by Crippen LogP contribution is 2.32. The van der Waals surface area contributed by atoms with Crippen LogP contribution in [0.4, 0.5) is 5.13 Å². The lowest BCUT2D eigenvalue weighted by Crippen LogP contribution is -2.51. The zero-order chi connectivity index (χ0) is 17.0. The number of nitrogens with two attached hydrogens (primary N) is 1. The number of amides is 1. The highest BCUT2D eigenvalue weighted by atomic mass is 32.1. The Labute approximate surface area is 147 Å². The van der Waals surface area contributed by atoms with E-state index in [1.807, 2.05) is 4.90 Å². The van der Waals surface area contributed by atoms with Crippen molar-refractivity contribution in [3.8, 4) is 0 Å². The molecule has 0 atom stereocenters. The van der Waals surface area contributed by atoms with Crippen LogP contribution in [0.15, 0.2) is 0 Å². The Hall–Kier alpha value is -1.25. The van der Waals surface area contributed by atoms with Gasteiger partial charge < -0.3 is 20.3 Å². The van der Waals surface area contributed by atoms with Crippen molar-refractivity contribution in [3.63, 3.8) is 0 Å². The molecule has 3 rings (SSSR count). The van der Waals surface area contributed by atoms with Gasteiger partial charge in [-0.15, -0.1) is 0 Å². The lowest BCUT2D eigenvalue weighted by molar-refractivity contribution is -0.147. The van der Waals surface area contributed by atoms with Gasteiger partial charge in [0.05, 0.1) is 5.41 Å². The van der Waals surface area contributed by atoms with Gasteiger partial charge in [0, 0.05) is 63.9 Å². The molecule has 0 aromatic carbocycles. The smallest absolute Gasteiger partial charge is 0.230 e. The van der Waals surface area contributed by atoms with Crippen molar-refractivity contribution in [2.24, 2.45) is 11.1 Å². The van der Waals surface area contributed by atoms with Gasteiger partial charge in [-0.3, -0.25) is 4.79 Å². The molecule has 134 valence electrons. The van der Waals surface area contributed by atoms with Crippen molar-refractivity contribution in [2.75, 3.05) is 50.8 Å². The van der Waals surface area contributed by atoms with Gasteiger partial charge in [-0.25, -0.2) is 4.98 Å². The number of carbonyl (C=O) groups is 1. The average Bonchev–Trinajstić information content (AvgIpc) is 2.98. The Morgan fingerprint density at radius 2 is 2.08 bits per heavy atom. The molecule has 0 aliphatic carbocycles. The quantitative estimate of drug-likeness (QED) is 0.865. The summed E-state index contributed by atoms with van der Waals surface area (Å²) in [5, 5.41) is 0.973. The maximum Gasteiger partial charge on any atom is 0.230 e. The van der Waals surface area contributed by atoms with Gasteiger partial charge in [-0.1, -0.05) is 6.92 Å². The number of aryl methyl sites for hydroxylation is 1. The first-order valence-electron chi connectivity index (χ1n) is 8.83. The number of hydrogen-bond acceptors (Lipinski definition) is 7. The van der Waals surface area contributed by atoms with E-state index in [1.54, 1.807) is 0 Å². The maximum atomic E-state index is 13.1. The van der Waals surface area contributed by atoms with E-state index in [2.05, 4.69) is 21.2 Å². The van der Waals surface area contributed by atoms with E-state index >= 15 is 0 Å². The molecule has 2 fully saturated rings. The number of hydrogen-bond donors (Lipinski definition) is 1. The summed E-state index contributed by atoms with van der Waals surface area (Å²) in [6, 6.07) is 0. The molecule has 3 heterocycles. The number of anilines is 1. The topological polar surface area (TPSA) is 84.6 Å². The second-order valence-electron chi connectivity index (χ2n) is 6.58. The Morgan fingerprint density at radius 1 is 1.29 bits per heavy atom. The van der Waals surface area contributed by atoms with E-state index in [1.165, 1.54) is 11.5 Å². The summed E-state index contributed by atoms with van der Waals surface area (Å²) in [4.78, 5) is 21.9. The van der Waals surface area contributed by atoms with Crippen molar-refractivity contribution >= 4 is 22.6 Å². The van der Waals surface area contributed by atoms with Crippen LogP contribution in [-0.2, 0) is 16.0 Å². The minimum atomic E-state index is -0.425. The molecule has 1 aromatic heterocycles. The molecule has 0 radical (unpaired) electrons. The summed E-state index contributed by atoms with van der Waals surface area (Å²) in [5.74, 6) is 1.11. The molecule has 0 bridgehead atoms. The minimum Gasteiger partial charge on any atom is -0.381 e. The monoisotopic (exact) mass is 353 g/mol. The molecule has 7 nitrogen and oxygen atoms in total. The molecular formula is C16H27N5O2S. The van der Waals surface area contributed by atoms with Crippen LogP contribution in [0.1, 0.15) is 32.0 Å². The third-order valence-corrected chi connectivity index (χ3v) is 5.94. The zero-order valence-corrected chi connectivity index (χ0v) is 15.2. The number of rotatable bonds is 4. The van der Waals surface area contributed by atoms with Crippen LogP contribution in [0.5, 0.6) is 0 Å². The number of ether oxygens (including phenoxy) is 1. The SMILES string of the molecule is CCc1nsc(N2CCCN(C(=O)C3(CN)CCOCC3)CC2)n1. The van der Waals surface area contributed by atoms with Gasteiger partial charge >= 0.3 is 0 Å². The second-order valence-corrected chi connectivity index (χ2v) is 7.31. The minimum absolute atomic E-state index is 0.210. The van der Waals surface area contributed by atoms with Crippen LogP contribution in [0, 0.1) is 5.41 Å². The maximum absolute atomic E-state index is 13.1. The first-order valence-corrected chi connectivity index (χ1v) is 9.60. The molecule has 0 unspecified atom stereocenters. The van der Waals surface area contributed by atoms with Crippen molar-refractivity contribution in [1.29, 1.82) is 0 Å². The molecule has 2 aliphatic rings. The largest absolute Gasteiger partial charge is 0.381 e. The summed E-state index contributed by atoms with van der Waals surface area (Å²) < 4.78 is 9.80. The predicted molar refractivity (Wildman–Crippen MR) is 94.2 cm³/mol. The summed E-state index contributed by atoms with van der Waals surface area (Å²) in [7, 11) is 0. The van der Waals surface area contributed by atoms with Crippen LogP contribution in [0.3, 0.4) is 0 Å². The average molecular weight is 353 g/mol. The van der Waals surface area contributed by atoms with Gasteiger partial charge in [-0.2, -0.15) is 4.37 Å². The van der Waals surface area contributed by atoms with Crippen molar-refractivity contribution < 1.29 is 9.53 Å². The summed E-state index contributed by atoms with van der Waals surface area (Å²) in [6.45, 7) is 6.98. The standard InChI is InChI=1S/C16H27N5O2S/c1-2-13-18-15(24-19-13)21-7-3-6-20(8-9-21)14(22)16(12-17)4-10-23-11-5-16/h2-12,17H2,1H3. The Bertz CT molecular complexity index is 558. The van der Waals surface area contributed by atoms with Crippen LogP contribution in [0.25, 0.3) is 0 Å². The van der Waals surface area contributed by atoms with Crippen LogP contribution in [-0.4, -0.2) is 66.1 Å². The van der Waals surface area contributed by atoms with Gasteiger partial charge in [0.25, 0.3) is 0 Å². The van der Waals surface area contributed by atoms with Gasteiger partial charge in [-0.05, 0) is 19.3 Å². The Morgan fingerprint density at radius 3 is 2.75 bits per heavy atom. The van der Waals surface area contributed by atoms with Crippen LogP contribution >= 0.6 is 11.5 Å². The van der Waals surface area contributed by atoms with E-state index in [9.17, 15) is 4.79 Å². The third kappa shape index (κ3) is 3.55. The molecule has 8 heteroatoms. The molecular weight excluding hydrogens is 326 g/mol. The van der Waals surface area contributed by atoms with Crippen LogP contribution in [0.2, 0.25) is 0 Å². The number of aromatic nitrogens is 2. The first kappa shape index (κ1) is 17.6. The molecule has 2 saturated heterocycles. The van der Waals surface area contributed by atoms with Gasteiger partial charge in [0.1, 0.15) is 5.82 Å².